The van der Waals surface area contributed by atoms with E-state index in [0.717, 1.165) is 18.6 Å². The number of hydrogen-bond donors (Lipinski definition) is 2. The summed E-state index contributed by atoms with van der Waals surface area (Å²) < 4.78 is 0. The number of rotatable bonds is 7. The smallest absolute Gasteiger partial charge is 0.326 e. The van der Waals surface area contributed by atoms with Crippen LogP contribution in [-0.4, -0.2) is 35.0 Å². The molecule has 1 saturated carbocycles. The fraction of sp³-hybridized carbons (Fsp3) is 0.818. The highest BCUT2D eigenvalue weighted by atomic mass is 32.2. The Morgan fingerprint density at radius 1 is 1.50 bits per heavy atom. The normalized spacial score (nSPS) is 18.9. The lowest BCUT2D eigenvalue weighted by molar-refractivity contribution is -0.142. The third-order valence-electron chi connectivity index (χ3n) is 2.74. The molecule has 0 heterocycles. The van der Waals surface area contributed by atoms with Gasteiger partial charge in [-0.1, -0.05) is 19.8 Å². The van der Waals surface area contributed by atoms with E-state index in [1.807, 2.05) is 13.2 Å². The highest BCUT2D eigenvalue weighted by Gasteiger charge is 2.30. The molecule has 0 aromatic rings. The van der Waals surface area contributed by atoms with Crippen LogP contribution in [0.3, 0.4) is 0 Å². The molecule has 2 atom stereocenters. The van der Waals surface area contributed by atoms with Crippen LogP contribution in [0.1, 0.15) is 26.2 Å². The summed E-state index contributed by atoms with van der Waals surface area (Å²) >= 11 is 1.59. The Morgan fingerprint density at radius 2 is 2.12 bits per heavy atom. The largest absolute Gasteiger partial charge is 0.480 e. The van der Waals surface area contributed by atoms with Gasteiger partial charge in [0, 0.05) is 11.7 Å². The minimum Gasteiger partial charge on any atom is -0.480 e. The number of thioether (sulfide) groups is 1. The van der Waals surface area contributed by atoms with Crippen molar-refractivity contribution in [3.8, 4) is 0 Å². The number of hydrogen-bond acceptors (Lipinski definition) is 3. The summed E-state index contributed by atoms with van der Waals surface area (Å²) in [5, 5.41) is 11.6. The highest BCUT2D eigenvalue weighted by Crippen LogP contribution is 2.33. The summed E-state index contributed by atoms with van der Waals surface area (Å²) in [7, 11) is 0. The molecular formula is C11H19NO3S. The Bertz CT molecular complexity index is 266. The summed E-state index contributed by atoms with van der Waals surface area (Å²) in [6, 6.07) is -0.704. The van der Waals surface area contributed by atoms with Crippen LogP contribution in [0.25, 0.3) is 0 Å². The second-order valence-electron chi connectivity index (χ2n) is 4.43. The first-order valence-electron chi connectivity index (χ1n) is 5.56. The highest BCUT2D eigenvalue weighted by molar-refractivity contribution is 7.98. The van der Waals surface area contributed by atoms with Crippen molar-refractivity contribution in [2.24, 2.45) is 11.8 Å². The molecule has 1 rings (SSSR count). The van der Waals surface area contributed by atoms with Crippen molar-refractivity contribution >= 4 is 23.6 Å². The van der Waals surface area contributed by atoms with Gasteiger partial charge in [-0.05, 0) is 18.6 Å². The van der Waals surface area contributed by atoms with Gasteiger partial charge in [0.2, 0.25) is 5.91 Å². The fourth-order valence-electron chi connectivity index (χ4n) is 1.55. The van der Waals surface area contributed by atoms with Gasteiger partial charge in [-0.2, -0.15) is 11.8 Å². The van der Waals surface area contributed by atoms with Crippen LogP contribution in [0.4, 0.5) is 0 Å². The number of aliphatic carboxylic acids is 1. The molecule has 1 aliphatic rings. The monoisotopic (exact) mass is 245 g/mol. The van der Waals surface area contributed by atoms with E-state index in [1.165, 1.54) is 0 Å². The van der Waals surface area contributed by atoms with E-state index >= 15 is 0 Å². The second-order valence-corrected chi connectivity index (χ2v) is 5.35. The van der Waals surface area contributed by atoms with Crippen molar-refractivity contribution in [2.75, 3.05) is 12.0 Å². The summed E-state index contributed by atoms with van der Waals surface area (Å²) in [5.41, 5.74) is 0. The quantitative estimate of drug-likeness (QED) is 0.710. The third kappa shape index (κ3) is 4.43. The van der Waals surface area contributed by atoms with Crippen molar-refractivity contribution in [1.29, 1.82) is 0 Å². The van der Waals surface area contributed by atoms with Crippen molar-refractivity contribution in [2.45, 2.75) is 32.2 Å². The Labute approximate surface area is 100 Å². The minimum atomic E-state index is -0.920. The van der Waals surface area contributed by atoms with E-state index in [1.54, 1.807) is 11.8 Å². The molecule has 0 saturated heterocycles. The molecule has 0 aliphatic heterocycles. The molecule has 5 heteroatoms. The molecule has 1 aliphatic carbocycles. The molecule has 1 fully saturated rings. The van der Waals surface area contributed by atoms with Crippen molar-refractivity contribution < 1.29 is 14.7 Å². The van der Waals surface area contributed by atoms with Gasteiger partial charge in [-0.3, -0.25) is 4.79 Å². The maximum atomic E-state index is 11.7. The lowest BCUT2D eigenvalue weighted by Gasteiger charge is -2.17. The second kappa shape index (κ2) is 6.13. The standard InChI is InChI=1S/C11H19NO3S/c1-7(6-16-2)10(13)12-9(11(14)15)5-8-3-4-8/h7-9H,3-6H2,1-2H3,(H,12,13)(H,14,15). The van der Waals surface area contributed by atoms with Crippen LogP contribution in [0.5, 0.6) is 0 Å². The van der Waals surface area contributed by atoms with Gasteiger partial charge in [0.05, 0.1) is 0 Å². The summed E-state index contributed by atoms with van der Waals surface area (Å²) in [6.45, 7) is 1.82. The zero-order valence-corrected chi connectivity index (χ0v) is 10.5. The fourth-order valence-corrected chi connectivity index (χ4v) is 2.20. The molecule has 2 unspecified atom stereocenters. The Morgan fingerprint density at radius 3 is 2.56 bits per heavy atom. The average molecular weight is 245 g/mol. The van der Waals surface area contributed by atoms with Crippen molar-refractivity contribution in [3.05, 3.63) is 0 Å². The topological polar surface area (TPSA) is 66.4 Å². The van der Waals surface area contributed by atoms with E-state index in [4.69, 9.17) is 5.11 Å². The van der Waals surface area contributed by atoms with Gasteiger partial charge in [-0.15, -0.1) is 0 Å². The Kier molecular flexibility index (Phi) is 5.12. The molecule has 16 heavy (non-hydrogen) atoms. The molecular weight excluding hydrogens is 226 g/mol. The number of carbonyl (C=O) groups is 2. The molecule has 0 radical (unpaired) electrons. The lowest BCUT2D eigenvalue weighted by atomic mass is 10.1. The molecule has 0 aromatic carbocycles. The van der Waals surface area contributed by atoms with E-state index in [-0.39, 0.29) is 11.8 Å². The van der Waals surface area contributed by atoms with Crippen LogP contribution in [-0.2, 0) is 9.59 Å². The minimum absolute atomic E-state index is 0.129. The SMILES string of the molecule is CSCC(C)C(=O)NC(CC1CC1)C(=O)O. The maximum Gasteiger partial charge on any atom is 0.326 e. The summed E-state index contributed by atoms with van der Waals surface area (Å²) in [4.78, 5) is 22.6. The number of carbonyl (C=O) groups excluding carboxylic acids is 1. The molecule has 0 aromatic heterocycles. The van der Waals surface area contributed by atoms with Crippen LogP contribution in [0.15, 0.2) is 0 Å². The van der Waals surface area contributed by atoms with E-state index in [0.29, 0.717) is 12.3 Å². The van der Waals surface area contributed by atoms with Crippen LogP contribution in [0.2, 0.25) is 0 Å². The van der Waals surface area contributed by atoms with Crippen LogP contribution < -0.4 is 5.32 Å². The predicted octanol–water partition coefficient (Wildman–Crippen LogP) is 1.35. The molecule has 1 amide bonds. The van der Waals surface area contributed by atoms with E-state index in [9.17, 15) is 9.59 Å². The van der Waals surface area contributed by atoms with Crippen LogP contribution in [0, 0.1) is 11.8 Å². The molecule has 92 valence electrons. The van der Waals surface area contributed by atoms with Gasteiger partial charge in [0.25, 0.3) is 0 Å². The first-order valence-corrected chi connectivity index (χ1v) is 6.96. The number of nitrogens with one attached hydrogen (secondary N) is 1. The van der Waals surface area contributed by atoms with Crippen molar-refractivity contribution in [1.82, 2.24) is 5.32 Å². The lowest BCUT2D eigenvalue weighted by Crippen LogP contribution is -2.43. The molecule has 2 N–H and O–H groups in total. The summed E-state index contributed by atoms with van der Waals surface area (Å²) in [5.74, 6) is 0.0222. The van der Waals surface area contributed by atoms with Gasteiger partial charge in [0.1, 0.15) is 6.04 Å². The first kappa shape index (κ1) is 13.4. The molecule has 4 nitrogen and oxygen atoms in total. The third-order valence-corrected chi connectivity index (χ3v) is 3.58. The predicted molar refractivity (Wildman–Crippen MR) is 64.5 cm³/mol. The van der Waals surface area contributed by atoms with Crippen LogP contribution >= 0.6 is 11.8 Å². The summed E-state index contributed by atoms with van der Waals surface area (Å²) in [6.07, 6.45) is 4.70. The zero-order chi connectivity index (χ0) is 12.1. The number of amides is 1. The van der Waals surface area contributed by atoms with Crippen molar-refractivity contribution in [3.63, 3.8) is 0 Å². The Balaban J connectivity index is 2.40. The van der Waals surface area contributed by atoms with Gasteiger partial charge in [-0.25, -0.2) is 4.79 Å². The van der Waals surface area contributed by atoms with E-state index in [2.05, 4.69) is 5.32 Å². The number of carboxylic acid groups (broad SMARTS) is 1. The zero-order valence-electron chi connectivity index (χ0n) is 9.73. The molecule has 0 spiro atoms. The maximum absolute atomic E-state index is 11.7. The van der Waals surface area contributed by atoms with Gasteiger partial charge >= 0.3 is 5.97 Å². The molecule has 0 bridgehead atoms. The van der Waals surface area contributed by atoms with Gasteiger partial charge < -0.3 is 10.4 Å². The van der Waals surface area contributed by atoms with Gasteiger partial charge in [0.15, 0.2) is 0 Å². The Hall–Kier alpha value is -0.710. The average Bonchev–Trinajstić information content (AvgIpc) is 3.00. The van der Waals surface area contributed by atoms with E-state index < -0.39 is 12.0 Å². The first-order chi connectivity index (χ1) is 7.54. The number of carboxylic acids is 1.